The van der Waals surface area contributed by atoms with Gasteiger partial charge in [0.15, 0.2) is 0 Å². The van der Waals surface area contributed by atoms with Crippen molar-refractivity contribution < 1.29 is 13.2 Å². The molecular formula is C16H20N2O3S2. The Balaban J connectivity index is 2.15. The number of hydrogen-bond donors (Lipinski definition) is 2. The molecule has 0 aliphatic carbocycles. The molecular weight excluding hydrogens is 332 g/mol. The molecule has 2 N–H and O–H groups in total. The van der Waals surface area contributed by atoms with Gasteiger partial charge < -0.3 is 5.32 Å². The van der Waals surface area contributed by atoms with Crippen LogP contribution in [-0.4, -0.2) is 14.3 Å². The molecule has 1 heterocycles. The minimum absolute atomic E-state index is 0.147. The maximum absolute atomic E-state index is 12.4. The number of anilines is 1. The third kappa shape index (κ3) is 4.80. The molecule has 5 nitrogen and oxygen atoms in total. The van der Waals surface area contributed by atoms with Gasteiger partial charge in [0, 0.05) is 17.5 Å². The highest BCUT2D eigenvalue weighted by molar-refractivity contribution is 7.94. The molecule has 0 atom stereocenters. The van der Waals surface area contributed by atoms with Crippen molar-refractivity contribution in [2.45, 2.75) is 37.4 Å². The fourth-order valence-electron chi connectivity index (χ4n) is 1.98. The van der Waals surface area contributed by atoms with Crippen molar-refractivity contribution in [3.8, 4) is 0 Å². The third-order valence-corrected chi connectivity index (χ3v) is 6.18. The predicted molar refractivity (Wildman–Crippen MR) is 93.2 cm³/mol. The first kappa shape index (κ1) is 17.5. The molecule has 0 saturated carbocycles. The zero-order valence-electron chi connectivity index (χ0n) is 13.3. The summed E-state index contributed by atoms with van der Waals surface area (Å²) >= 11 is 1.15. The average molecular weight is 352 g/mol. The van der Waals surface area contributed by atoms with E-state index in [0.717, 1.165) is 21.8 Å². The molecule has 0 radical (unpaired) electrons. The minimum Gasteiger partial charge on any atom is -0.351 e. The molecule has 2 rings (SSSR count). The number of amides is 1. The first-order valence-electron chi connectivity index (χ1n) is 7.24. The highest BCUT2D eigenvalue weighted by Gasteiger charge is 2.17. The molecule has 124 valence electrons. The monoisotopic (exact) mass is 352 g/mol. The number of thiophene rings is 1. The van der Waals surface area contributed by atoms with E-state index in [4.69, 9.17) is 0 Å². The molecule has 0 aliphatic heterocycles. The number of nitrogens with one attached hydrogen (secondary N) is 2. The molecule has 0 saturated heterocycles. The lowest BCUT2D eigenvalue weighted by Crippen LogP contribution is -2.18. The molecule has 0 aliphatic rings. The van der Waals surface area contributed by atoms with Crippen LogP contribution in [0.25, 0.3) is 0 Å². The first-order chi connectivity index (χ1) is 10.8. The molecule has 23 heavy (non-hydrogen) atoms. The Morgan fingerprint density at radius 3 is 2.61 bits per heavy atom. The summed E-state index contributed by atoms with van der Waals surface area (Å²) in [5, 5.41) is 2.65. The summed E-state index contributed by atoms with van der Waals surface area (Å²) in [6.45, 7) is 5.87. The maximum atomic E-state index is 12.4. The fraction of sp³-hybridized carbons (Fsp3) is 0.312. The zero-order chi connectivity index (χ0) is 17.0. The highest BCUT2D eigenvalue weighted by atomic mass is 32.2. The first-order valence-corrected chi connectivity index (χ1v) is 9.54. The van der Waals surface area contributed by atoms with Crippen LogP contribution in [0.15, 0.2) is 40.6 Å². The van der Waals surface area contributed by atoms with Crippen molar-refractivity contribution in [3.05, 3.63) is 46.8 Å². The molecule has 0 spiro atoms. The summed E-state index contributed by atoms with van der Waals surface area (Å²) < 4.78 is 27.7. The molecule has 2 aromatic rings. The molecule has 1 amide bonds. The van der Waals surface area contributed by atoms with E-state index >= 15 is 0 Å². The van der Waals surface area contributed by atoms with E-state index in [2.05, 4.69) is 23.9 Å². The Hall–Kier alpha value is -1.86. The van der Waals surface area contributed by atoms with Crippen LogP contribution >= 0.6 is 11.3 Å². The summed E-state index contributed by atoms with van der Waals surface area (Å²) in [5.41, 5.74) is 1.62. The molecule has 1 aromatic heterocycles. The smallest absolute Gasteiger partial charge is 0.271 e. The van der Waals surface area contributed by atoms with E-state index in [-0.39, 0.29) is 10.1 Å². The van der Waals surface area contributed by atoms with Crippen LogP contribution in [0.2, 0.25) is 0 Å². The third-order valence-electron chi connectivity index (χ3n) is 3.22. The van der Waals surface area contributed by atoms with Crippen molar-refractivity contribution in [2.24, 2.45) is 0 Å². The van der Waals surface area contributed by atoms with Gasteiger partial charge >= 0.3 is 0 Å². The van der Waals surface area contributed by atoms with Crippen molar-refractivity contribution >= 4 is 33.0 Å². The van der Waals surface area contributed by atoms with Gasteiger partial charge in [0.25, 0.3) is 10.0 Å². The van der Waals surface area contributed by atoms with Crippen molar-refractivity contribution in [1.82, 2.24) is 5.32 Å². The Kier molecular flexibility index (Phi) is 5.43. The van der Waals surface area contributed by atoms with E-state index in [1.165, 1.54) is 6.92 Å². The van der Waals surface area contributed by atoms with Gasteiger partial charge in [0.2, 0.25) is 5.91 Å². The van der Waals surface area contributed by atoms with E-state index in [1.807, 2.05) is 18.2 Å². The van der Waals surface area contributed by atoms with Crippen LogP contribution in [-0.2, 0) is 21.4 Å². The SMILES string of the molecule is CC(=O)NCc1ccc(S(=O)(=O)Nc2cccc(C(C)C)c2)s1. The second-order valence-electron chi connectivity index (χ2n) is 5.52. The number of benzene rings is 1. The second kappa shape index (κ2) is 7.14. The van der Waals surface area contributed by atoms with Crippen LogP contribution in [0.3, 0.4) is 0 Å². The molecule has 7 heteroatoms. The van der Waals surface area contributed by atoms with E-state index < -0.39 is 10.0 Å². The van der Waals surface area contributed by atoms with Gasteiger partial charge in [0.05, 0.1) is 6.54 Å². The van der Waals surface area contributed by atoms with Crippen LogP contribution in [0.1, 0.15) is 37.1 Å². The van der Waals surface area contributed by atoms with Gasteiger partial charge in [-0.15, -0.1) is 11.3 Å². The molecule has 0 bridgehead atoms. The Bertz CT molecular complexity index is 795. The largest absolute Gasteiger partial charge is 0.351 e. The number of carbonyl (C=O) groups excluding carboxylic acids is 1. The standard InChI is InChI=1S/C16H20N2O3S2/c1-11(2)13-5-4-6-14(9-13)18-23(20,21)16-8-7-15(22-16)10-17-12(3)19/h4-9,11,18H,10H2,1-3H3,(H,17,19). The van der Waals surface area contributed by atoms with Crippen LogP contribution in [0, 0.1) is 0 Å². The van der Waals surface area contributed by atoms with E-state index in [9.17, 15) is 13.2 Å². The van der Waals surface area contributed by atoms with Crippen LogP contribution < -0.4 is 10.0 Å². The Morgan fingerprint density at radius 2 is 1.96 bits per heavy atom. The van der Waals surface area contributed by atoms with Gasteiger partial charge in [-0.25, -0.2) is 8.42 Å². The molecule has 1 aromatic carbocycles. The zero-order valence-corrected chi connectivity index (χ0v) is 14.9. The van der Waals surface area contributed by atoms with Gasteiger partial charge in [-0.05, 0) is 35.7 Å². The van der Waals surface area contributed by atoms with Gasteiger partial charge in [-0.1, -0.05) is 26.0 Å². The van der Waals surface area contributed by atoms with Crippen molar-refractivity contribution in [2.75, 3.05) is 4.72 Å². The van der Waals surface area contributed by atoms with Gasteiger partial charge in [-0.3, -0.25) is 9.52 Å². The second-order valence-corrected chi connectivity index (χ2v) is 8.59. The predicted octanol–water partition coefficient (Wildman–Crippen LogP) is 3.31. The Morgan fingerprint density at radius 1 is 1.22 bits per heavy atom. The lowest BCUT2D eigenvalue weighted by molar-refractivity contribution is -0.119. The van der Waals surface area contributed by atoms with Crippen molar-refractivity contribution in [1.29, 1.82) is 0 Å². The summed E-state index contributed by atoms with van der Waals surface area (Å²) in [5.74, 6) is 0.178. The molecule has 0 fully saturated rings. The van der Waals surface area contributed by atoms with Gasteiger partial charge in [0.1, 0.15) is 4.21 Å². The van der Waals surface area contributed by atoms with Crippen LogP contribution in [0.4, 0.5) is 5.69 Å². The maximum Gasteiger partial charge on any atom is 0.271 e. The Labute approximate surface area is 140 Å². The van der Waals surface area contributed by atoms with Crippen LogP contribution in [0.5, 0.6) is 0 Å². The lowest BCUT2D eigenvalue weighted by Gasteiger charge is -2.10. The summed E-state index contributed by atoms with van der Waals surface area (Å²) in [6.07, 6.45) is 0. The highest BCUT2D eigenvalue weighted by Crippen LogP contribution is 2.25. The number of hydrogen-bond acceptors (Lipinski definition) is 4. The van der Waals surface area contributed by atoms with E-state index in [1.54, 1.807) is 18.2 Å². The fourth-order valence-corrected chi connectivity index (χ4v) is 4.32. The van der Waals surface area contributed by atoms with Gasteiger partial charge in [-0.2, -0.15) is 0 Å². The minimum atomic E-state index is -3.62. The number of carbonyl (C=O) groups is 1. The average Bonchev–Trinajstić information content (AvgIpc) is 2.94. The summed E-state index contributed by atoms with van der Waals surface area (Å²) in [7, 11) is -3.62. The van der Waals surface area contributed by atoms with Crippen molar-refractivity contribution in [3.63, 3.8) is 0 Å². The quantitative estimate of drug-likeness (QED) is 0.837. The summed E-state index contributed by atoms with van der Waals surface area (Å²) in [6, 6.07) is 10.6. The normalized spacial score (nSPS) is 11.5. The number of sulfonamides is 1. The molecule has 0 unspecified atom stereocenters. The van der Waals surface area contributed by atoms with E-state index in [0.29, 0.717) is 18.2 Å². The topological polar surface area (TPSA) is 75.3 Å². The lowest BCUT2D eigenvalue weighted by atomic mass is 10.0. The number of rotatable bonds is 6. The summed E-state index contributed by atoms with van der Waals surface area (Å²) in [4.78, 5) is 11.7.